The fourth-order valence-electron chi connectivity index (χ4n) is 3.23. The Bertz CT molecular complexity index is 1460. The van der Waals surface area contributed by atoms with Gasteiger partial charge in [-0.05, 0) is 61.7 Å². The number of nitrogens with zero attached hydrogens (tertiary/aromatic N) is 1. The Morgan fingerprint density at radius 2 is 1.75 bits per heavy atom. The van der Waals surface area contributed by atoms with Crippen molar-refractivity contribution in [3.63, 3.8) is 0 Å². The molecule has 3 rings (SSSR count). The Morgan fingerprint density at radius 1 is 1.02 bits per heavy atom. The van der Waals surface area contributed by atoms with Crippen LogP contribution < -0.4 is 19.5 Å². The lowest BCUT2D eigenvalue weighted by atomic mass is 10.1. The summed E-state index contributed by atoms with van der Waals surface area (Å²) in [6.45, 7) is 3.82. The molecule has 2 N–H and O–H groups in total. The molecule has 212 valence electrons. The van der Waals surface area contributed by atoms with Crippen LogP contribution in [-0.4, -0.2) is 51.1 Å². The molecule has 0 saturated carbocycles. The van der Waals surface area contributed by atoms with E-state index in [0.29, 0.717) is 18.6 Å². The van der Waals surface area contributed by atoms with Crippen molar-refractivity contribution in [2.24, 2.45) is 0 Å². The first-order chi connectivity index (χ1) is 19.0. The van der Waals surface area contributed by atoms with Crippen LogP contribution >= 0.6 is 11.6 Å². The summed E-state index contributed by atoms with van der Waals surface area (Å²) < 4.78 is 42.4. The predicted octanol–water partition coefficient (Wildman–Crippen LogP) is 4.15. The van der Waals surface area contributed by atoms with Gasteiger partial charge in [0, 0.05) is 18.8 Å². The zero-order chi connectivity index (χ0) is 29.3. The number of pyridine rings is 1. The number of methoxy groups -OCH3 is 1. The molecule has 2 amide bonds. The SMILES string of the molecule is CC[C@@H](C)OC(=O)Oc1ccc(C(=O)NS(=O)(=O)c2ccc(CCNC(=O)c3cc(OC)ccc3Cl)cc2)cn1. The zero-order valence-electron chi connectivity index (χ0n) is 22.0. The second-order valence-corrected chi connectivity index (χ2v) is 10.6. The lowest BCUT2D eigenvalue weighted by Gasteiger charge is -2.11. The average molecular weight is 590 g/mol. The van der Waals surface area contributed by atoms with E-state index in [1.165, 1.54) is 37.4 Å². The van der Waals surface area contributed by atoms with Crippen LogP contribution in [-0.2, 0) is 21.2 Å². The number of hydrogen-bond donors (Lipinski definition) is 2. The summed E-state index contributed by atoms with van der Waals surface area (Å²) in [5, 5.41) is 3.05. The molecular weight excluding hydrogens is 562 g/mol. The lowest BCUT2D eigenvalue weighted by molar-refractivity contribution is 0.0631. The zero-order valence-corrected chi connectivity index (χ0v) is 23.5. The summed E-state index contributed by atoms with van der Waals surface area (Å²) in [6.07, 6.45) is 0.839. The average Bonchev–Trinajstić information content (AvgIpc) is 2.93. The van der Waals surface area contributed by atoms with Gasteiger partial charge in [-0.15, -0.1) is 0 Å². The summed E-state index contributed by atoms with van der Waals surface area (Å²) in [7, 11) is -2.69. The third kappa shape index (κ3) is 8.42. The van der Waals surface area contributed by atoms with Gasteiger partial charge < -0.3 is 19.5 Å². The molecule has 0 aliphatic carbocycles. The maximum absolute atomic E-state index is 12.7. The Labute approximate surface area is 236 Å². The standard InChI is InChI=1S/C27H28ClN3O8S/c1-4-17(2)38-27(34)39-24-12-7-19(16-30-24)25(32)31-40(35,36)21-9-5-18(6-10-21)13-14-29-26(33)22-15-20(37-3)8-11-23(22)28/h5-12,15-17H,4,13-14H2,1-3H3,(H,29,33)(H,31,32)/t17-/m1/s1. The first-order valence-corrected chi connectivity index (χ1v) is 14.0. The van der Waals surface area contributed by atoms with Crippen molar-refractivity contribution >= 4 is 39.6 Å². The molecule has 0 aliphatic heterocycles. The fraction of sp³-hybridized carbons (Fsp3) is 0.259. The summed E-state index contributed by atoms with van der Waals surface area (Å²) in [6, 6.07) is 13.1. The van der Waals surface area contributed by atoms with Gasteiger partial charge in [-0.3, -0.25) is 9.59 Å². The van der Waals surface area contributed by atoms with Gasteiger partial charge in [0.05, 0.1) is 28.2 Å². The molecule has 0 radical (unpaired) electrons. The summed E-state index contributed by atoms with van der Waals surface area (Å²) in [5.41, 5.74) is 0.975. The highest BCUT2D eigenvalue weighted by atomic mass is 35.5. The van der Waals surface area contributed by atoms with E-state index in [4.69, 9.17) is 25.8 Å². The molecule has 13 heteroatoms. The van der Waals surface area contributed by atoms with Gasteiger partial charge in [0.15, 0.2) is 0 Å². The van der Waals surface area contributed by atoms with Crippen LogP contribution in [0.4, 0.5) is 4.79 Å². The Balaban J connectivity index is 1.53. The quantitative estimate of drug-likeness (QED) is 0.314. The third-order valence-electron chi connectivity index (χ3n) is 5.64. The van der Waals surface area contributed by atoms with E-state index in [-0.39, 0.29) is 45.5 Å². The number of carbonyl (C=O) groups excluding carboxylic acids is 3. The van der Waals surface area contributed by atoms with Crippen LogP contribution in [0.2, 0.25) is 5.02 Å². The van der Waals surface area contributed by atoms with Crippen LogP contribution in [0.5, 0.6) is 11.6 Å². The number of aromatic nitrogens is 1. The number of benzene rings is 2. The van der Waals surface area contributed by atoms with Crippen molar-refractivity contribution in [1.29, 1.82) is 0 Å². The minimum Gasteiger partial charge on any atom is -0.497 e. The molecule has 0 bridgehead atoms. The van der Waals surface area contributed by atoms with E-state index < -0.39 is 22.1 Å². The molecule has 0 fully saturated rings. The van der Waals surface area contributed by atoms with Gasteiger partial charge >= 0.3 is 6.16 Å². The Morgan fingerprint density at radius 3 is 2.38 bits per heavy atom. The second-order valence-electron chi connectivity index (χ2n) is 8.50. The maximum Gasteiger partial charge on any atom is 0.515 e. The molecule has 0 aliphatic rings. The number of amides is 2. The second kappa shape index (κ2) is 13.8. The van der Waals surface area contributed by atoms with E-state index in [9.17, 15) is 22.8 Å². The van der Waals surface area contributed by atoms with Gasteiger partial charge in [0.1, 0.15) is 11.9 Å². The molecule has 1 atom stereocenters. The molecule has 2 aromatic carbocycles. The minimum absolute atomic E-state index is 0.0604. The molecular formula is C27H28ClN3O8S. The third-order valence-corrected chi connectivity index (χ3v) is 7.31. The van der Waals surface area contributed by atoms with Crippen molar-refractivity contribution < 1.29 is 37.0 Å². The van der Waals surface area contributed by atoms with E-state index >= 15 is 0 Å². The van der Waals surface area contributed by atoms with E-state index in [0.717, 1.165) is 11.8 Å². The molecule has 0 spiro atoms. The van der Waals surface area contributed by atoms with Crippen LogP contribution in [0.15, 0.2) is 65.7 Å². The normalized spacial score (nSPS) is 11.7. The number of rotatable bonds is 11. The topological polar surface area (TPSA) is 150 Å². The van der Waals surface area contributed by atoms with Crippen LogP contribution in [0, 0.1) is 0 Å². The van der Waals surface area contributed by atoms with E-state index in [1.54, 1.807) is 31.2 Å². The highest BCUT2D eigenvalue weighted by Crippen LogP contribution is 2.22. The monoisotopic (exact) mass is 589 g/mol. The maximum atomic E-state index is 12.7. The first-order valence-electron chi connectivity index (χ1n) is 12.1. The van der Waals surface area contributed by atoms with Gasteiger partial charge in [-0.25, -0.2) is 22.9 Å². The molecule has 3 aromatic rings. The van der Waals surface area contributed by atoms with Crippen molar-refractivity contribution in [1.82, 2.24) is 15.0 Å². The molecule has 1 aromatic heterocycles. The number of ether oxygens (including phenoxy) is 3. The molecule has 0 unspecified atom stereocenters. The van der Waals surface area contributed by atoms with Gasteiger partial charge in [-0.2, -0.15) is 0 Å². The van der Waals surface area contributed by atoms with Crippen molar-refractivity contribution in [2.75, 3.05) is 13.7 Å². The van der Waals surface area contributed by atoms with Crippen molar-refractivity contribution in [3.8, 4) is 11.6 Å². The lowest BCUT2D eigenvalue weighted by Crippen LogP contribution is -2.30. The molecule has 40 heavy (non-hydrogen) atoms. The highest BCUT2D eigenvalue weighted by Gasteiger charge is 2.20. The van der Waals surface area contributed by atoms with Gasteiger partial charge in [0.2, 0.25) is 5.88 Å². The molecule has 0 saturated heterocycles. The Kier molecular flexibility index (Phi) is 10.5. The van der Waals surface area contributed by atoms with E-state index in [1.807, 2.05) is 11.6 Å². The number of hydrogen-bond acceptors (Lipinski definition) is 9. The number of carbonyl (C=O) groups is 3. The predicted molar refractivity (Wildman–Crippen MR) is 146 cm³/mol. The minimum atomic E-state index is -4.18. The number of sulfonamides is 1. The highest BCUT2D eigenvalue weighted by molar-refractivity contribution is 7.90. The summed E-state index contributed by atoms with van der Waals surface area (Å²) in [5.74, 6) is -0.888. The smallest absolute Gasteiger partial charge is 0.497 e. The number of halogens is 1. The Hall–Kier alpha value is -4.16. The summed E-state index contributed by atoms with van der Waals surface area (Å²) in [4.78, 5) is 40.3. The molecule has 1 heterocycles. The fourth-order valence-corrected chi connectivity index (χ4v) is 4.41. The van der Waals surface area contributed by atoms with Gasteiger partial charge in [-0.1, -0.05) is 30.7 Å². The number of nitrogens with one attached hydrogen (secondary N) is 2. The first kappa shape index (κ1) is 30.4. The van der Waals surface area contributed by atoms with Crippen molar-refractivity contribution in [3.05, 3.63) is 82.5 Å². The van der Waals surface area contributed by atoms with Crippen LogP contribution in [0.1, 0.15) is 46.5 Å². The van der Waals surface area contributed by atoms with Crippen molar-refractivity contribution in [2.45, 2.75) is 37.7 Å². The van der Waals surface area contributed by atoms with Crippen LogP contribution in [0.3, 0.4) is 0 Å². The largest absolute Gasteiger partial charge is 0.515 e. The van der Waals surface area contributed by atoms with Crippen LogP contribution in [0.25, 0.3) is 0 Å². The molecule has 11 nitrogen and oxygen atoms in total. The van der Waals surface area contributed by atoms with Gasteiger partial charge in [0.25, 0.3) is 21.8 Å². The summed E-state index contributed by atoms with van der Waals surface area (Å²) >= 11 is 6.09. The van der Waals surface area contributed by atoms with E-state index in [2.05, 4.69) is 10.3 Å².